The Bertz CT molecular complexity index is 536. The van der Waals surface area contributed by atoms with Crippen LogP contribution in [-0.4, -0.2) is 49.8 Å². The van der Waals surface area contributed by atoms with Crippen LogP contribution in [0.25, 0.3) is 0 Å². The third-order valence-electron chi connectivity index (χ3n) is 3.98. The van der Waals surface area contributed by atoms with Crippen LogP contribution in [0.1, 0.15) is 19.3 Å². The minimum Gasteiger partial charge on any atom is -0.487 e. The van der Waals surface area contributed by atoms with Crippen LogP contribution in [0.3, 0.4) is 0 Å². The summed E-state index contributed by atoms with van der Waals surface area (Å²) >= 11 is 0. The molecule has 1 aromatic rings. The van der Waals surface area contributed by atoms with Crippen LogP contribution in [-0.2, 0) is 9.53 Å². The summed E-state index contributed by atoms with van der Waals surface area (Å²) in [6.07, 6.45) is 0.994. The van der Waals surface area contributed by atoms with E-state index in [1.807, 2.05) is 0 Å². The van der Waals surface area contributed by atoms with Crippen molar-refractivity contribution in [2.45, 2.75) is 31.5 Å². The largest absolute Gasteiger partial charge is 0.487 e. The molecule has 0 aliphatic carbocycles. The summed E-state index contributed by atoms with van der Waals surface area (Å²) in [6.45, 7) is 1.37. The molecule has 136 valence electrons. The molecule has 1 aliphatic rings. The van der Waals surface area contributed by atoms with Gasteiger partial charge in [-0.3, -0.25) is 4.79 Å². The minimum atomic E-state index is -0.714. The first kappa shape index (κ1) is 20.6. The Morgan fingerprint density at radius 2 is 2.04 bits per heavy atom. The van der Waals surface area contributed by atoms with Crippen molar-refractivity contribution >= 4 is 18.3 Å². The van der Waals surface area contributed by atoms with Crippen molar-refractivity contribution in [3.8, 4) is 5.75 Å². The predicted molar refractivity (Wildman–Crippen MR) is 88.3 cm³/mol. The maximum absolute atomic E-state index is 13.6. The van der Waals surface area contributed by atoms with Crippen molar-refractivity contribution in [3.63, 3.8) is 0 Å². The number of rotatable bonds is 6. The fourth-order valence-electron chi connectivity index (χ4n) is 2.56. The molecule has 0 spiro atoms. The van der Waals surface area contributed by atoms with Crippen molar-refractivity contribution in [3.05, 3.63) is 29.8 Å². The second kappa shape index (κ2) is 9.76. The average Bonchev–Trinajstić information content (AvgIpc) is 2.55. The van der Waals surface area contributed by atoms with Crippen molar-refractivity contribution < 1.29 is 23.0 Å². The molecule has 0 bridgehead atoms. The van der Waals surface area contributed by atoms with Crippen LogP contribution in [0.2, 0.25) is 0 Å². The summed E-state index contributed by atoms with van der Waals surface area (Å²) in [4.78, 5) is 13.9. The Hall–Kier alpha value is -1.44. The first-order valence-corrected chi connectivity index (χ1v) is 7.65. The summed E-state index contributed by atoms with van der Waals surface area (Å²) in [5.74, 6) is -1.32. The van der Waals surface area contributed by atoms with Crippen LogP contribution < -0.4 is 10.5 Å². The molecule has 8 heteroatoms. The van der Waals surface area contributed by atoms with E-state index in [4.69, 9.17) is 15.2 Å². The van der Waals surface area contributed by atoms with Crippen LogP contribution in [0.5, 0.6) is 5.75 Å². The van der Waals surface area contributed by atoms with E-state index in [0.717, 1.165) is 12.1 Å². The zero-order valence-electron chi connectivity index (χ0n) is 13.5. The molecular weight excluding hydrogens is 342 g/mol. The lowest BCUT2D eigenvalue weighted by atomic mass is 10.1. The van der Waals surface area contributed by atoms with Crippen molar-refractivity contribution in [1.29, 1.82) is 0 Å². The topological polar surface area (TPSA) is 64.8 Å². The highest BCUT2D eigenvalue weighted by Crippen LogP contribution is 2.23. The second-order valence-electron chi connectivity index (χ2n) is 5.57. The molecule has 1 aliphatic heterocycles. The zero-order valence-corrected chi connectivity index (χ0v) is 14.4. The monoisotopic (exact) mass is 364 g/mol. The number of ether oxygens (including phenoxy) is 2. The fraction of sp³-hybridized carbons (Fsp3) is 0.562. The molecule has 1 amide bonds. The van der Waals surface area contributed by atoms with Crippen LogP contribution in [0.4, 0.5) is 8.78 Å². The molecule has 1 saturated heterocycles. The van der Waals surface area contributed by atoms with Crippen molar-refractivity contribution in [2.75, 3.05) is 26.7 Å². The molecule has 0 saturated carbocycles. The fourth-order valence-corrected chi connectivity index (χ4v) is 2.56. The van der Waals surface area contributed by atoms with Gasteiger partial charge in [0.15, 0.2) is 11.6 Å². The van der Waals surface area contributed by atoms with E-state index < -0.39 is 11.6 Å². The third-order valence-corrected chi connectivity index (χ3v) is 3.98. The number of carbonyl (C=O) groups is 1. The first-order chi connectivity index (χ1) is 11.0. The number of likely N-dealkylation sites (tertiary alicyclic amines) is 1. The Kier molecular flexibility index (Phi) is 8.38. The lowest BCUT2D eigenvalue weighted by Crippen LogP contribution is -2.43. The predicted octanol–water partition coefficient (Wildman–Crippen LogP) is 2.12. The van der Waals surface area contributed by atoms with E-state index in [9.17, 15) is 13.6 Å². The molecule has 1 heterocycles. The molecule has 0 aromatic heterocycles. The van der Waals surface area contributed by atoms with Crippen LogP contribution in [0.15, 0.2) is 18.2 Å². The summed E-state index contributed by atoms with van der Waals surface area (Å²) < 4.78 is 37.1. The number of hydrogen-bond donors (Lipinski definition) is 1. The van der Waals surface area contributed by atoms with Crippen LogP contribution in [0, 0.1) is 11.6 Å². The molecule has 24 heavy (non-hydrogen) atoms. The Labute approximate surface area is 146 Å². The summed E-state index contributed by atoms with van der Waals surface area (Å²) in [6, 6.07) is 3.24. The summed E-state index contributed by atoms with van der Waals surface area (Å²) in [7, 11) is 1.53. The standard InChI is InChI=1S/C16H22F2N2O3.ClH/c1-22-13(10-19)9-16(21)20-6-4-12(5-7-20)23-15-3-2-11(17)8-14(15)18;/h2-3,8,12-13H,4-7,9-10,19H2,1H3;1H. The Morgan fingerprint density at radius 3 is 2.58 bits per heavy atom. The third kappa shape index (κ3) is 5.58. The van der Waals surface area contributed by atoms with Gasteiger partial charge in [0, 0.05) is 45.7 Å². The highest BCUT2D eigenvalue weighted by molar-refractivity contribution is 5.85. The lowest BCUT2D eigenvalue weighted by Gasteiger charge is -2.33. The minimum absolute atomic E-state index is 0. The van der Waals surface area contributed by atoms with Gasteiger partial charge < -0.3 is 20.1 Å². The highest BCUT2D eigenvalue weighted by atomic mass is 35.5. The zero-order chi connectivity index (χ0) is 16.8. The number of halogens is 3. The number of piperidine rings is 1. The smallest absolute Gasteiger partial charge is 0.225 e. The SMILES string of the molecule is COC(CN)CC(=O)N1CCC(Oc2ccc(F)cc2F)CC1.Cl. The van der Waals surface area contributed by atoms with Gasteiger partial charge in [0.25, 0.3) is 0 Å². The average molecular weight is 365 g/mol. The molecule has 0 radical (unpaired) electrons. The van der Waals surface area contributed by atoms with Gasteiger partial charge in [-0.1, -0.05) is 0 Å². The molecule has 1 atom stereocenters. The highest BCUT2D eigenvalue weighted by Gasteiger charge is 2.26. The van der Waals surface area contributed by atoms with E-state index >= 15 is 0 Å². The molecule has 1 unspecified atom stereocenters. The molecule has 1 fully saturated rings. The van der Waals surface area contributed by atoms with E-state index in [0.29, 0.717) is 32.5 Å². The molecule has 2 N–H and O–H groups in total. The van der Waals surface area contributed by atoms with Gasteiger partial charge in [0.2, 0.25) is 5.91 Å². The van der Waals surface area contributed by atoms with Gasteiger partial charge in [-0.2, -0.15) is 0 Å². The molecule has 1 aromatic carbocycles. The van der Waals surface area contributed by atoms with E-state index in [1.165, 1.54) is 13.2 Å². The maximum Gasteiger partial charge on any atom is 0.225 e. The van der Waals surface area contributed by atoms with Crippen molar-refractivity contribution in [2.24, 2.45) is 5.73 Å². The normalized spacial score (nSPS) is 16.4. The van der Waals surface area contributed by atoms with Gasteiger partial charge in [-0.25, -0.2) is 8.78 Å². The maximum atomic E-state index is 13.6. The van der Waals surface area contributed by atoms with Gasteiger partial charge >= 0.3 is 0 Å². The molecule has 5 nitrogen and oxygen atoms in total. The molecular formula is C16H23ClF2N2O3. The first-order valence-electron chi connectivity index (χ1n) is 7.65. The van der Waals surface area contributed by atoms with Gasteiger partial charge in [-0.05, 0) is 12.1 Å². The summed E-state index contributed by atoms with van der Waals surface area (Å²) in [5, 5.41) is 0. The number of methoxy groups -OCH3 is 1. The number of nitrogens with zero attached hydrogens (tertiary/aromatic N) is 1. The number of amides is 1. The van der Waals surface area contributed by atoms with Crippen molar-refractivity contribution in [1.82, 2.24) is 4.90 Å². The number of nitrogens with two attached hydrogens (primary N) is 1. The van der Waals surface area contributed by atoms with E-state index in [2.05, 4.69) is 0 Å². The van der Waals surface area contributed by atoms with Gasteiger partial charge in [0.05, 0.1) is 12.5 Å². The van der Waals surface area contributed by atoms with E-state index in [-0.39, 0.29) is 42.7 Å². The van der Waals surface area contributed by atoms with Gasteiger partial charge in [0.1, 0.15) is 11.9 Å². The van der Waals surface area contributed by atoms with Gasteiger partial charge in [-0.15, -0.1) is 12.4 Å². The number of hydrogen-bond acceptors (Lipinski definition) is 4. The number of carbonyl (C=O) groups excluding carboxylic acids is 1. The van der Waals surface area contributed by atoms with E-state index in [1.54, 1.807) is 4.90 Å². The number of benzene rings is 1. The van der Waals surface area contributed by atoms with Crippen LogP contribution >= 0.6 is 12.4 Å². The Balaban J connectivity index is 0.00000288. The second-order valence-corrected chi connectivity index (χ2v) is 5.57. The summed E-state index contributed by atoms with van der Waals surface area (Å²) in [5.41, 5.74) is 5.52. The Morgan fingerprint density at radius 1 is 1.38 bits per heavy atom. The quantitative estimate of drug-likeness (QED) is 0.839. The lowest BCUT2D eigenvalue weighted by molar-refractivity contribution is -0.135. The molecule has 2 rings (SSSR count).